The summed E-state index contributed by atoms with van der Waals surface area (Å²) in [5.74, 6) is 0.694. The first-order valence-electron chi connectivity index (χ1n) is 4.98. The average molecular weight is 176 g/mol. The van der Waals surface area contributed by atoms with E-state index >= 15 is 0 Å². The van der Waals surface area contributed by atoms with Gasteiger partial charge in [0, 0.05) is 18.7 Å². The first-order valence-corrected chi connectivity index (χ1v) is 4.98. The fourth-order valence-electron chi connectivity index (χ4n) is 1.75. The number of hydrogen-bond donors (Lipinski definition) is 1. The van der Waals surface area contributed by atoms with Gasteiger partial charge in [0.1, 0.15) is 0 Å². The molecule has 1 aliphatic heterocycles. The molecule has 1 aliphatic rings. The minimum atomic E-state index is 0.694. The third-order valence-corrected chi connectivity index (χ3v) is 2.33. The van der Waals surface area contributed by atoms with E-state index in [2.05, 4.69) is 36.3 Å². The Morgan fingerprint density at radius 3 is 3.08 bits per heavy atom. The number of rotatable bonds is 2. The minimum absolute atomic E-state index is 0.694. The predicted octanol–water partition coefficient (Wildman–Crippen LogP) is 2.25. The number of pyridine rings is 1. The van der Waals surface area contributed by atoms with Gasteiger partial charge >= 0.3 is 0 Å². The zero-order valence-electron chi connectivity index (χ0n) is 8.30. The Labute approximate surface area is 79.4 Å². The van der Waals surface area contributed by atoms with Gasteiger partial charge in [-0.1, -0.05) is 13.8 Å². The average Bonchev–Trinajstić information content (AvgIpc) is 2.49. The highest BCUT2D eigenvalue weighted by Gasteiger charge is 2.11. The molecule has 2 heterocycles. The van der Waals surface area contributed by atoms with Gasteiger partial charge in [0.05, 0.1) is 11.4 Å². The number of fused-ring (bicyclic) bond motifs is 1. The van der Waals surface area contributed by atoms with Gasteiger partial charge in [-0.2, -0.15) is 0 Å². The summed E-state index contributed by atoms with van der Waals surface area (Å²) in [4.78, 5) is 4.63. The Balaban J connectivity index is 2.21. The van der Waals surface area contributed by atoms with Crippen molar-refractivity contribution in [2.75, 3.05) is 11.9 Å². The number of hydrogen-bond acceptors (Lipinski definition) is 2. The Morgan fingerprint density at radius 1 is 1.46 bits per heavy atom. The van der Waals surface area contributed by atoms with Crippen LogP contribution in [0.1, 0.15) is 25.2 Å². The lowest BCUT2D eigenvalue weighted by Crippen LogP contribution is -1.98. The maximum Gasteiger partial charge on any atom is 0.0655 e. The molecule has 0 saturated heterocycles. The van der Waals surface area contributed by atoms with Gasteiger partial charge in [-0.15, -0.1) is 0 Å². The molecule has 70 valence electrons. The maximum absolute atomic E-state index is 4.63. The molecule has 13 heavy (non-hydrogen) atoms. The van der Waals surface area contributed by atoms with Crippen LogP contribution in [0.25, 0.3) is 0 Å². The van der Waals surface area contributed by atoms with E-state index in [0.29, 0.717) is 5.92 Å². The van der Waals surface area contributed by atoms with E-state index in [-0.39, 0.29) is 0 Å². The topological polar surface area (TPSA) is 24.9 Å². The third-order valence-electron chi connectivity index (χ3n) is 2.33. The quantitative estimate of drug-likeness (QED) is 0.747. The molecule has 2 heteroatoms. The molecule has 0 bridgehead atoms. The number of aromatic nitrogens is 1. The molecule has 0 atom stereocenters. The van der Waals surface area contributed by atoms with Crippen LogP contribution in [0.3, 0.4) is 0 Å². The van der Waals surface area contributed by atoms with Crippen LogP contribution < -0.4 is 5.32 Å². The maximum atomic E-state index is 4.63. The highest BCUT2D eigenvalue weighted by Crippen LogP contribution is 2.20. The minimum Gasteiger partial charge on any atom is -0.383 e. The molecule has 0 spiro atoms. The molecule has 0 fully saturated rings. The molecule has 1 N–H and O–H groups in total. The summed E-state index contributed by atoms with van der Waals surface area (Å²) in [6.45, 7) is 5.51. The summed E-state index contributed by atoms with van der Waals surface area (Å²) in [5, 5.41) is 3.32. The van der Waals surface area contributed by atoms with Gasteiger partial charge in [-0.25, -0.2) is 0 Å². The molecule has 2 rings (SSSR count). The second-order valence-corrected chi connectivity index (χ2v) is 4.07. The lowest BCUT2D eigenvalue weighted by atomic mass is 10.1. The number of nitrogens with one attached hydrogen (secondary N) is 1. The summed E-state index contributed by atoms with van der Waals surface area (Å²) < 4.78 is 0. The predicted molar refractivity (Wildman–Crippen MR) is 55.0 cm³/mol. The molecule has 0 saturated carbocycles. The highest BCUT2D eigenvalue weighted by molar-refractivity contribution is 5.52. The van der Waals surface area contributed by atoms with Crippen molar-refractivity contribution in [3.05, 3.63) is 23.5 Å². The first kappa shape index (κ1) is 8.54. The molecule has 1 aromatic rings. The molecule has 2 nitrogen and oxygen atoms in total. The Morgan fingerprint density at radius 2 is 2.31 bits per heavy atom. The second-order valence-electron chi connectivity index (χ2n) is 4.07. The smallest absolute Gasteiger partial charge is 0.0655 e. The van der Waals surface area contributed by atoms with Crippen LogP contribution in [0.15, 0.2) is 12.1 Å². The third kappa shape index (κ3) is 1.82. The monoisotopic (exact) mass is 176 g/mol. The lowest BCUT2D eigenvalue weighted by Gasteiger charge is -2.05. The van der Waals surface area contributed by atoms with Crippen LogP contribution in [-0.4, -0.2) is 11.5 Å². The summed E-state index contributed by atoms with van der Waals surface area (Å²) in [7, 11) is 0. The summed E-state index contributed by atoms with van der Waals surface area (Å²) >= 11 is 0. The van der Waals surface area contributed by atoms with Crippen LogP contribution in [0.2, 0.25) is 0 Å². The summed E-state index contributed by atoms with van der Waals surface area (Å²) in [6.07, 6.45) is 2.18. The Kier molecular flexibility index (Phi) is 2.21. The largest absolute Gasteiger partial charge is 0.383 e. The van der Waals surface area contributed by atoms with E-state index in [0.717, 1.165) is 19.4 Å². The molecule has 0 unspecified atom stereocenters. The van der Waals surface area contributed by atoms with Gasteiger partial charge in [0.15, 0.2) is 0 Å². The molecule has 0 amide bonds. The van der Waals surface area contributed by atoms with Crippen LogP contribution in [-0.2, 0) is 12.8 Å². The fraction of sp³-hybridized carbons (Fsp3) is 0.545. The van der Waals surface area contributed by atoms with E-state index < -0.39 is 0 Å². The van der Waals surface area contributed by atoms with Crippen molar-refractivity contribution in [1.82, 2.24) is 4.98 Å². The van der Waals surface area contributed by atoms with Gasteiger partial charge in [-0.05, 0) is 24.5 Å². The van der Waals surface area contributed by atoms with Crippen molar-refractivity contribution in [3.63, 3.8) is 0 Å². The van der Waals surface area contributed by atoms with Crippen LogP contribution >= 0.6 is 0 Å². The zero-order chi connectivity index (χ0) is 9.26. The molecular weight excluding hydrogens is 160 g/mol. The van der Waals surface area contributed by atoms with Crippen LogP contribution in [0.5, 0.6) is 0 Å². The fourth-order valence-corrected chi connectivity index (χ4v) is 1.75. The second kappa shape index (κ2) is 3.36. The Bertz CT molecular complexity index is 305. The van der Waals surface area contributed by atoms with Gasteiger partial charge in [-0.3, -0.25) is 4.98 Å². The van der Waals surface area contributed by atoms with Crippen molar-refractivity contribution in [1.29, 1.82) is 0 Å². The molecule has 0 aromatic carbocycles. The highest BCUT2D eigenvalue weighted by atomic mass is 14.9. The van der Waals surface area contributed by atoms with E-state index in [1.54, 1.807) is 0 Å². The van der Waals surface area contributed by atoms with E-state index in [1.807, 2.05) is 0 Å². The van der Waals surface area contributed by atoms with Gasteiger partial charge in [0.25, 0.3) is 0 Å². The van der Waals surface area contributed by atoms with Crippen molar-refractivity contribution in [3.8, 4) is 0 Å². The Hall–Kier alpha value is -1.05. The van der Waals surface area contributed by atoms with Gasteiger partial charge in [0.2, 0.25) is 0 Å². The van der Waals surface area contributed by atoms with Crippen LogP contribution in [0.4, 0.5) is 5.69 Å². The van der Waals surface area contributed by atoms with E-state index in [4.69, 9.17) is 0 Å². The SMILES string of the molecule is CC(C)Cc1ccc2c(n1)CCN2. The summed E-state index contributed by atoms with van der Waals surface area (Å²) in [6, 6.07) is 4.30. The summed E-state index contributed by atoms with van der Waals surface area (Å²) in [5.41, 5.74) is 3.71. The lowest BCUT2D eigenvalue weighted by molar-refractivity contribution is 0.634. The van der Waals surface area contributed by atoms with E-state index in [9.17, 15) is 0 Å². The van der Waals surface area contributed by atoms with E-state index in [1.165, 1.54) is 17.1 Å². The normalized spacial score (nSPS) is 14.4. The number of nitrogens with zero attached hydrogens (tertiary/aromatic N) is 1. The van der Waals surface area contributed by atoms with Crippen molar-refractivity contribution in [2.45, 2.75) is 26.7 Å². The molecule has 0 aliphatic carbocycles. The molecule has 1 aromatic heterocycles. The molecule has 0 radical (unpaired) electrons. The molecular formula is C11H16N2. The van der Waals surface area contributed by atoms with Crippen molar-refractivity contribution < 1.29 is 0 Å². The standard InChI is InChI=1S/C11H16N2/c1-8(2)7-9-3-4-10-11(13-9)5-6-12-10/h3-4,8,12H,5-7H2,1-2H3. The van der Waals surface area contributed by atoms with Crippen molar-refractivity contribution in [2.24, 2.45) is 5.92 Å². The van der Waals surface area contributed by atoms with Gasteiger partial charge < -0.3 is 5.32 Å². The zero-order valence-corrected chi connectivity index (χ0v) is 8.30. The number of anilines is 1. The van der Waals surface area contributed by atoms with Crippen LogP contribution in [0, 0.1) is 5.92 Å². The van der Waals surface area contributed by atoms with Crippen molar-refractivity contribution >= 4 is 5.69 Å². The first-order chi connectivity index (χ1) is 6.25.